The Morgan fingerprint density at radius 3 is 2.44 bits per heavy atom. The fraction of sp³-hybridized carbons (Fsp3) is 0.632. The largest absolute Gasteiger partial charge is 0.369 e. The molecule has 1 aromatic rings. The van der Waals surface area contributed by atoms with E-state index in [9.17, 15) is 9.18 Å². The van der Waals surface area contributed by atoms with Crippen molar-refractivity contribution in [3.63, 3.8) is 0 Å². The van der Waals surface area contributed by atoms with Crippen molar-refractivity contribution in [1.82, 2.24) is 9.80 Å². The minimum absolute atomic E-state index is 0.102. The molecule has 3 unspecified atom stereocenters. The van der Waals surface area contributed by atoms with Crippen molar-refractivity contribution in [1.29, 1.82) is 0 Å². The van der Waals surface area contributed by atoms with Gasteiger partial charge in [0.25, 0.3) is 0 Å². The number of carbonyl (C=O) groups excluding carboxylic acids is 1. The molecule has 0 spiro atoms. The molecular formula is C19H29FN4O. The first-order valence-corrected chi connectivity index (χ1v) is 9.24. The van der Waals surface area contributed by atoms with Crippen molar-refractivity contribution >= 4 is 11.6 Å². The van der Waals surface area contributed by atoms with Crippen LogP contribution in [0.5, 0.6) is 0 Å². The zero-order chi connectivity index (χ0) is 18.0. The number of piperazine rings is 1. The highest BCUT2D eigenvalue weighted by Crippen LogP contribution is 2.24. The molecule has 2 fully saturated rings. The Bertz CT molecular complexity index is 586. The number of amides is 1. The standard InChI is InChI=1S/C19H29FN4O/c1-14-11-16(12-21)13-24(14)19(25)15(2)22-7-9-23(10-8-22)18-5-3-17(20)4-6-18/h3-6,14-16H,7-13,21H2,1-2H3. The van der Waals surface area contributed by atoms with Crippen molar-refractivity contribution in [2.75, 3.05) is 44.2 Å². The van der Waals surface area contributed by atoms with Crippen LogP contribution in [0.2, 0.25) is 0 Å². The van der Waals surface area contributed by atoms with Crippen LogP contribution < -0.4 is 10.6 Å². The monoisotopic (exact) mass is 348 g/mol. The lowest BCUT2D eigenvalue weighted by molar-refractivity contribution is -0.137. The van der Waals surface area contributed by atoms with Gasteiger partial charge in [0.15, 0.2) is 0 Å². The molecule has 2 saturated heterocycles. The highest BCUT2D eigenvalue weighted by atomic mass is 19.1. The summed E-state index contributed by atoms with van der Waals surface area (Å²) in [4.78, 5) is 19.4. The van der Waals surface area contributed by atoms with Crippen molar-refractivity contribution < 1.29 is 9.18 Å². The van der Waals surface area contributed by atoms with Gasteiger partial charge >= 0.3 is 0 Å². The second-order valence-corrected chi connectivity index (χ2v) is 7.35. The molecule has 3 atom stereocenters. The summed E-state index contributed by atoms with van der Waals surface area (Å²) in [7, 11) is 0. The molecule has 1 amide bonds. The minimum atomic E-state index is -0.211. The van der Waals surface area contributed by atoms with Crippen LogP contribution >= 0.6 is 0 Å². The number of halogens is 1. The number of hydrogen-bond acceptors (Lipinski definition) is 4. The third-order valence-corrected chi connectivity index (χ3v) is 5.69. The second-order valence-electron chi connectivity index (χ2n) is 7.35. The Hall–Kier alpha value is -1.66. The highest BCUT2D eigenvalue weighted by Gasteiger charge is 2.36. The Morgan fingerprint density at radius 1 is 1.24 bits per heavy atom. The van der Waals surface area contributed by atoms with Crippen LogP contribution in [0.3, 0.4) is 0 Å². The van der Waals surface area contributed by atoms with Gasteiger partial charge in [-0.25, -0.2) is 4.39 Å². The zero-order valence-corrected chi connectivity index (χ0v) is 15.2. The number of carbonyl (C=O) groups is 1. The molecule has 0 aromatic heterocycles. The molecule has 25 heavy (non-hydrogen) atoms. The molecule has 3 rings (SSSR count). The highest BCUT2D eigenvalue weighted by molar-refractivity contribution is 5.82. The lowest BCUT2D eigenvalue weighted by Crippen LogP contribution is -2.55. The number of nitrogens with two attached hydrogens (primary N) is 1. The number of hydrogen-bond donors (Lipinski definition) is 1. The quantitative estimate of drug-likeness (QED) is 0.897. The van der Waals surface area contributed by atoms with Crippen molar-refractivity contribution in [2.45, 2.75) is 32.4 Å². The maximum atomic E-state index is 13.1. The molecule has 1 aromatic carbocycles. The second kappa shape index (κ2) is 7.70. The lowest BCUT2D eigenvalue weighted by Gasteiger charge is -2.40. The van der Waals surface area contributed by atoms with E-state index in [0.717, 1.165) is 44.8 Å². The molecule has 2 aliphatic heterocycles. The summed E-state index contributed by atoms with van der Waals surface area (Å²) in [5.41, 5.74) is 6.82. The van der Waals surface area contributed by atoms with Crippen molar-refractivity contribution in [3.8, 4) is 0 Å². The Kier molecular flexibility index (Phi) is 5.59. The fourth-order valence-electron chi connectivity index (χ4n) is 4.04. The predicted molar refractivity (Wildman–Crippen MR) is 98.0 cm³/mol. The van der Waals surface area contributed by atoms with Crippen molar-refractivity contribution in [3.05, 3.63) is 30.1 Å². The number of nitrogens with zero attached hydrogens (tertiary/aromatic N) is 3. The number of likely N-dealkylation sites (tertiary alicyclic amines) is 1. The van der Waals surface area contributed by atoms with Gasteiger partial charge in [-0.3, -0.25) is 9.69 Å². The van der Waals surface area contributed by atoms with Crippen LogP contribution in [0.15, 0.2) is 24.3 Å². The predicted octanol–water partition coefficient (Wildman–Crippen LogP) is 1.53. The smallest absolute Gasteiger partial charge is 0.239 e. The number of benzene rings is 1. The molecule has 2 aliphatic rings. The molecule has 2 heterocycles. The first-order valence-electron chi connectivity index (χ1n) is 9.24. The lowest BCUT2D eigenvalue weighted by atomic mass is 10.1. The van der Waals surface area contributed by atoms with Crippen LogP contribution in [0.25, 0.3) is 0 Å². The minimum Gasteiger partial charge on any atom is -0.369 e. The average Bonchev–Trinajstić information content (AvgIpc) is 3.02. The molecule has 6 heteroatoms. The van der Waals surface area contributed by atoms with E-state index in [1.54, 1.807) is 0 Å². The average molecular weight is 348 g/mol. The maximum Gasteiger partial charge on any atom is 0.239 e. The van der Waals surface area contributed by atoms with Crippen LogP contribution in [0.1, 0.15) is 20.3 Å². The Balaban J connectivity index is 1.55. The Labute approximate surface area is 149 Å². The molecule has 138 valence electrons. The third kappa shape index (κ3) is 3.96. The van der Waals surface area contributed by atoms with E-state index in [-0.39, 0.29) is 23.8 Å². The van der Waals surface area contributed by atoms with E-state index in [1.165, 1.54) is 12.1 Å². The van der Waals surface area contributed by atoms with Gasteiger partial charge in [0.1, 0.15) is 5.82 Å². The maximum absolute atomic E-state index is 13.1. The first-order chi connectivity index (χ1) is 12.0. The molecule has 0 aliphatic carbocycles. The summed E-state index contributed by atoms with van der Waals surface area (Å²) in [6, 6.07) is 6.81. The van der Waals surface area contributed by atoms with Gasteiger partial charge in [-0.15, -0.1) is 0 Å². The summed E-state index contributed by atoms with van der Waals surface area (Å²) in [6.07, 6.45) is 1.01. The van der Waals surface area contributed by atoms with Crippen LogP contribution in [-0.4, -0.2) is 67.1 Å². The van der Waals surface area contributed by atoms with Gasteiger partial charge in [-0.2, -0.15) is 0 Å². The first kappa shape index (κ1) is 18.1. The van der Waals surface area contributed by atoms with E-state index in [1.807, 2.05) is 24.0 Å². The molecule has 0 bridgehead atoms. The van der Waals surface area contributed by atoms with E-state index in [0.29, 0.717) is 12.5 Å². The van der Waals surface area contributed by atoms with E-state index in [4.69, 9.17) is 5.73 Å². The topological polar surface area (TPSA) is 52.8 Å². The summed E-state index contributed by atoms with van der Waals surface area (Å²) in [5.74, 6) is 0.442. The molecule has 0 saturated carbocycles. The van der Waals surface area contributed by atoms with Crippen LogP contribution in [0.4, 0.5) is 10.1 Å². The van der Waals surface area contributed by atoms with Gasteiger partial charge in [0.2, 0.25) is 5.91 Å². The number of rotatable bonds is 4. The van der Waals surface area contributed by atoms with Gasteiger partial charge in [-0.05, 0) is 57.0 Å². The molecule has 0 radical (unpaired) electrons. The Morgan fingerprint density at radius 2 is 1.88 bits per heavy atom. The van der Waals surface area contributed by atoms with Crippen LogP contribution in [-0.2, 0) is 4.79 Å². The summed E-state index contributed by atoms with van der Waals surface area (Å²) in [5, 5.41) is 0. The third-order valence-electron chi connectivity index (χ3n) is 5.69. The van der Waals surface area contributed by atoms with E-state index >= 15 is 0 Å². The van der Waals surface area contributed by atoms with E-state index < -0.39 is 0 Å². The van der Waals surface area contributed by atoms with Gasteiger partial charge in [0, 0.05) is 44.5 Å². The van der Waals surface area contributed by atoms with Gasteiger partial charge in [0.05, 0.1) is 6.04 Å². The van der Waals surface area contributed by atoms with Crippen molar-refractivity contribution in [2.24, 2.45) is 11.7 Å². The molecular weight excluding hydrogens is 319 g/mol. The zero-order valence-electron chi connectivity index (χ0n) is 15.2. The van der Waals surface area contributed by atoms with Crippen LogP contribution in [0, 0.1) is 11.7 Å². The fourth-order valence-corrected chi connectivity index (χ4v) is 4.04. The van der Waals surface area contributed by atoms with E-state index in [2.05, 4.69) is 16.7 Å². The van der Waals surface area contributed by atoms with Gasteiger partial charge < -0.3 is 15.5 Å². The summed E-state index contributed by atoms with van der Waals surface area (Å²) >= 11 is 0. The SMILES string of the molecule is CC(C(=O)N1CC(CN)CC1C)N1CCN(c2ccc(F)cc2)CC1. The van der Waals surface area contributed by atoms with Gasteiger partial charge in [-0.1, -0.05) is 0 Å². The number of anilines is 1. The normalized spacial score (nSPS) is 26.1. The summed E-state index contributed by atoms with van der Waals surface area (Å²) < 4.78 is 13.1. The molecule has 2 N–H and O–H groups in total. The molecule has 5 nitrogen and oxygen atoms in total. The summed E-state index contributed by atoms with van der Waals surface area (Å²) in [6.45, 7) is 8.95.